The first kappa shape index (κ1) is 28.2. The summed E-state index contributed by atoms with van der Waals surface area (Å²) in [5, 5.41) is 12.9. The highest BCUT2D eigenvalue weighted by molar-refractivity contribution is 5.85. The Morgan fingerprint density at radius 1 is 0.947 bits per heavy atom. The van der Waals surface area contributed by atoms with Crippen molar-refractivity contribution in [2.45, 2.75) is 63.0 Å². The van der Waals surface area contributed by atoms with Crippen LogP contribution in [0.25, 0.3) is 0 Å². The standard InChI is InChI=1S/C27H31F6N3O2/c28-26(29,30)19-14-18(15-20(16-19)27(31,32)33)17-34-25(38)24(22-8-4-5-9-23(22)37)36-12-10-35(11-13-36)21-6-2-1-3-7-21/h4-5,8-9,14,16-17,21,24,37H,1-3,6-7,10-13,15H2,(H,34,38)/b18-17-. The van der Waals surface area contributed by atoms with Gasteiger partial charge in [0.05, 0.1) is 5.57 Å². The van der Waals surface area contributed by atoms with Gasteiger partial charge in [-0.3, -0.25) is 14.6 Å². The second-order valence-electron chi connectivity index (χ2n) is 9.99. The van der Waals surface area contributed by atoms with E-state index in [-0.39, 0.29) is 17.4 Å². The van der Waals surface area contributed by atoms with Gasteiger partial charge in [-0.15, -0.1) is 0 Å². The molecule has 11 heteroatoms. The number of halogens is 6. The van der Waals surface area contributed by atoms with Crippen molar-refractivity contribution in [3.63, 3.8) is 0 Å². The van der Waals surface area contributed by atoms with E-state index >= 15 is 0 Å². The maximum Gasteiger partial charge on any atom is 0.416 e. The van der Waals surface area contributed by atoms with Crippen LogP contribution >= 0.6 is 0 Å². The number of nitrogens with one attached hydrogen (secondary N) is 1. The molecule has 1 amide bonds. The largest absolute Gasteiger partial charge is 0.508 e. The van der Waals surface area contributed by atoms with E-state index in [0.29, 0.717) is 30.8 Å². The highest BCUT2D eigenvalue weighted by atomic mass is 19.4. The van der Waals surface area contributed by atoms with Crippen molar-refractivity contribution in [1.82, 2.24) is 15.1 Å². The van der Waals surface area contributed by atoms with E-state index in [2.05, 4.69) is 10.2 Å². The molecule has 38 heavy (non-hydrogen) atoms. The smallest absolute Gasteiger partial charge is 0.416 e. The van der Waals surface area contributed by atoms with Gasteiger partial charge < -0.3 is 10.4 Å². The second kappa shape index (κ2) is 11.5. The molecule has 0 aromatic heterocycles. The Kier molecular flexibility index (Phi) is 8.56. The fraction of sp³-hybridized carbons (Fsp3) is 0.519. The number of alkyl halides is 6. The Morgan fingerprint density at radius 2 is 1.61 bits per heavy atom. The number of rotatable bonds is 5. The summed E-state index contributed by atoms with van der Waals surface area (Å²) in [5.41, 5.74) is -2.78. The summed E-state index contributed by atoms with van der Waals surface area (Å²) in [4.78, 5) is 17.7. The van der Waals surface area contributed by atoms with Crippen molar-refractivity contribution in [3.8, 4) is 5.75 Å². The average Bonchev–Trinajstić information content (AvgIpc) is 2.88. The summed E-state index contributed by atoms with van der Waals surface area (Å²) in [5.74, 6) is -0.760. The molecule has 3 aliphatic rings. The molecule has 1 aromatic carbocycles. The van der Waals surface area contributed by atoms with E-state index in [0.717, 1.165) is 32.1 Å². The SMILES string of the molecule is O=C(N/C=C1/C=C(C(F)(F)F)C=C(C(F)(F)F)C1)C(c1ccccc1O)N1CCN(C2CCCCC2)CC1. The van der Waals surface area contributed by atoms with E-state index in [4.69, 9.17) is 0 Å². The minimum absolute atomic E-state index is 0.0930. The molecule has 0 radical (unpaired) electrons. The van der Waals surface area contributed by atoms with Gasteiger partial charge >= 0.3 is 12.4 Å². The molecular formula is C27H31F6N3O2. The lowest BCUT2D eigenvalue weighted by Gasteiger charge is -2.43. The third-order valence-electron chi connectivity index (χ3n) is 7.44. The molecular weight excluding hydrogens is 512 g/mol. The molecule has 0 spiro atoms. The Balaban J connectivity index is 1.53. The number of amides is 1. The maximum absolute atomic E-state index is 13.4. The molecule has 1 heterocycles. The Hall–Kier alpha value is -2.79. The Labute approximate surface area is 217 Å². The van der Waals surface area contributed by atoms with E-state index < -0.39 is 41.9 Å². The number of carbonyl (C=O) groups is 1. The van der Waals surface area contributed by atoms with Crippen molar-refractivity contribution in [3.05, 3.63) is 64.9 Å². The molecule has 1 atom stereocenters. The van der Waals surface area contributed by atoms with Crippen LogP contribution in [-0.4, -0.2) is 65.4 Å². The third-order valence-corrected chi connectivity index (χ3v) is 7.44. The number of hydrogen-bond acceptors (Lipinski definition) is 4. The number of allylic oxidation sites excluding steroid dienone is 5. The first-order valence-corrected chi connectivity index (χ1v) is 12.8. The second-order valence-corrected chi connectivity index (χ2v) is 9.99. The van der Waals surface area contributed by atoms with Crippen LogP contribution in [0.3, 0.4) is 0 Å². The van der Waals surface area contributed by atoms with Gasteiger partial charge in [0, 0.05) is 56.0 Å². The fourth-order valence-electron chi connectivity index (χ4n) is 5.46. The highest BCUT2D eigenvalue weighted by Gasteiger charge is 2.41. The van der Waals surface area contributed by atoms with Gasteiger partial charge in [-0.1, -0.05) is 37.5 Å². The zero-order valence-corrected chi connectivity index (χ0v) is 20.8. The predicted octanol–water partition coefficient (Wildman–Crippen LogP) is 5.76. The number of hydrogen-bond donors (Lipinski definition) is 2. The molecule has 1 aliphatic heterocycles. The monoisotopic (exact) mass is 543 g/mol. The minimum Gasteiger partial charge on any atom is -0.508 e. The molecule has 1 aromatic rings. The molecule has 2 fully saturated rings. The van der Waals surface area contributed by atoms with Gasteiger partial charge in [-0.2, -0.15) is 26.3 Å². The first-order chi connectivity index (χ1) is 17.9. The van der Waals surface area contributed by atoms with Crippen molar-refractivity contribution >= 4 is 5.91 Å². The zero-order valence-electron chi connectivity index (χ0n) is 20.8. The predicted molar refractivity (Wildman–Crippen MR) is 130 cm³/mol. The molecule has 2 aliphatic carbocycles. The minimum atomic E-state index is -4.98. The fourth-order valence-corrected chi connectivity index (χ4v) is 5.46. The lowest BCUT2D eigenvalue weighted by atomic mass is 9.93. The van der Waals surface area contributed by atoms with Gasteiger partial charge in [-0.25, -0.2) is 0 Å². The average molecular weight is 544 g/mol. The summed E-state index contributed by atoms with van der Waals surface area (Å²) in [6.07, 6.45) is -3.22. The number of nitrogens with zero attached hydrogens (tertiary/aromatic N) is 2. The summed E-state index contributed by atoms with van der Waals surface area (Å²) in [6, 6.07) is 5.83. The zero-order chi connectivity index (χ0) is 27.5. The van der Waals surface area contributed by atoms with E-state index in [1.165, 1.54) is 25.3 Å². The number of phenolic OH excluding ortho intramolecular Hbond substituents is 1. The molecule has 2 N–H and O–H groups in total. The van der Waals surface area contributed by atoms with Crippen LogP contribution in [0.5, 0.6) is 5.75 Å². The van der Waals surface area contributed by atoms with Gasteiger partial charge in [0.1, 0.15) is 11.8 Å². The molecule has 4 rings (SSSR count). The summed E-state index contributed by atoms with van der Waals surface area (Å²) >= 11 is 0. The number of piperazine rings is 1. The van der Waals surface area contributed by atoms with Gasteiger partial charge in [0.15, 0.2) is 0 Å². The molecule has 5 nitrogen and oxygen atoms in total. The van der Waals surface area contributed by atoms with Crippen molar-refractivity contribution < 1.29 is 36.2 Å². The van der Waals surface area contributed by atoms with E-state index in [1.54, 1.807) is 18.2 Å². The van der Waals surface area contributed by atoms with Crippen molar-refractivity contribution in [2.75, 3.05) is 26.2 Å². The van der Waals surface area contributed by atoms with Gasteiger partial charge in [0.25, 0.3) is 0 Å². The number of para-hydroxylation sites is 1. The van der Waals surface area contributed by atoms with Crippen LogP contribution in [0, 0.1) is 0 Å². The third kappa shape index (κ3) is 6.79. The van der Waals surface area contributed by atoms with Crippen LogP contribution in [0.2, 0.25) is 0 Å². The Morgan fingerprint density at radius 3 is 2.21 bits per heavy atom. The van der Waals surface area contributed by atoms with Gasteiger partial charge in [-0.05, 0) is 36.6 Å². The summed E-state index contributed by atoms with van der Waals surface area (Å²) in [6.45, 7) is 2.50. The molecule has 1 saturated carbocycles. The molecule has 1 unspecified atom stereocenters. The van der Waals surface area contributed by atoms with Crippen LogP contribution in [0.15, 0.2) is 59.3 Å². The number of benzene rings is 1. The van der Waals surface area contributed by atoms with Crippen LogP contribution in [0.4, 0.5) is 26.3 Å². The topological polar surface area (TPSA) is 55.8 Å². The first-order valence-electron chi connectivity index (χ1n) is 12.8. The van der Waals surface area contributed by atoms with Crippen molar-refractivity contribution in [1.29, 1.82) is 0 Å². The number of carbonyl (C=O) groups excluding carboxylic acids is 1. The Bertz CT molecular complexity index is 1090. The van der Waals surface area contributed by atoms with Gasteiger partial charge in [0.2, 0.25) is 5.91 Å². The van der Waals surface area contributed by atoms with E-state index in [9.17, 15) is 36.2 Å². The summed E-state index contributed by atoms with van der Waals surface area (Å²) in [7, 11) is 0. The lowest BCUT2D eigenvalue weighted by molar-refractivity contribution is -0.126. The molecule has 1 saturated heterocycles. The lowest BCUT2D eigenvalue weighted by Crippen LogP contribution is -2.53. The molecule has 208 valence electrons. The number of aromatic hydroxyl groups is 1. The summed E-state index contributed by atoms with van der Waals surface area (Å²) < 4.78 is 79.5. The number of phenols is 1. The normalized spacial score (nSPS) is 22.6. The quantitative estimate of drug-likeness (QED) is 0.464. The highest BCUT2D eigenvalue weighted by Crippen LogP contribution is 2.39. The van der Waals surface area contributed by atoms with Crippen LogP contribution in [-0.2, 0) is 4.79 Å². The van der Waals surface area contributed by atoms with Crippen LogP contribution < -0.4 is 5.32 Å². The molecule has 0 bridgehead atoms. The maximum atomic E-state index is 13.4. The van der Waals surface area contributed by atoms with Crippen molar-refractivity contribution in [2.24, 2.45) is 0 Å². The van der Waals surface area contributed by atoms with Crippen LogP contribution in [0.1, 0.15) is 50.1 Å². The van der Waals surface area contributed by atoms with E-state index in [1.807, 2.05) is 4.90 Å².